The molecule has 0 spiro atoms. The quantitative estimate of drug-likeness (QED) is 0.907. The maximum atomic E-state index is 12.5. The minimum absolute atomic E-state index is 0.0373. The molecule has 0 amide bonds. The summed E-state index contributed by atoms with van der Waals surface area (Å²) in [5, 5.41) is 17.9. The van der Waals surface area contributed by atoms with Crippen molar-refractivity contribution in [2.45, 2.75) is 11.8 Å². The molecule has 1 aromatic rings. The first kappa shape index (κ1) is 15.8. The van der Waals surface area contributed by atoms with Gasteiger partial charge in [-0.1, -0.05) is 18.5 Å². The van der Waals surface area contributed by atoms with Crippen LogP contribution in [0.15, 0.2) is 23.1 Å². The Bertz CT molecular complexity index is 726. The predicted molar refractivity (Wildman–Crippen MR) is 75.2 cm³/mol. The normalized spacial score (nSPS) is 22.9. The van der Waals surface area contributed by atoms with Crippen LogP contribution in [0.3, 0.4) is 0 Å². The van der Waals surface area contributed by atoms with E-state index in [9.17, 15) is 13.2 Å². The number of hydrogen-bond acceptors (Lipinski definition) is 4. The molecule has 1 N–H and O–H groups in total. The van der Waals surface area contributed by atoms with Crippen molar-refractivity contribution < 1.29 is 18.3 Å². The van der Waals surface area contributed by atoms with E-state index in [-0.39, 0.29) is 34.5 Å². The van der Waals surface area contributed by atoms with Crippen LogP contribution in [-0.4, -0.2) is 36.9 Å². The van der Waals surface area contributed by atoms with Gasteiger partial charge in [-0.2, -0.15) is 9.57 Å². The molecular formula is C13H13ClN2O4S. The van der Waals surface area contributed by atoms with Gasteiger partial charge in [0.1, 0.15) is 6.07 Å². The standard InChI is InChI=1S/C13H13ClN2O4S/c1-8-6-16(7-11(8)13(17)18)21(19,20)10-3-2-9(5-15)12(14)4-10/h2-4,8,11H,6-7H2,1H3,(H,17,18). The Morgan fingerprint density at radius 1 is 1.48 bits per heavy atom. The third-order valence-corrected chi connectivity index (χ3v) is 5.74. The van der Waals surface area contributed by atoms with Gasteiger partial charge in [-0.3, -0.25) is 4.79 Å². The molecule has 2 unspecified atom stereocenters. The molecule has 2 atom stereocenters. The topological polar surface area (TPSA) is 98.5 Å². The third-order valence-electron chi connectivity index (χ3n) is 3.59. The molecule has 2 rings (SSSR count). The second-order valence-electron chi connectivity index (χ2n) is 5.00. The lowest BCUT2D eigenvalue weighted by molar-refractivity contribution is -0.142. The second-order valence-corrected chi connectivity index (χ2v) is 7.34. The van der Waals surface area contributed by atoms with Gasteiger partial charge >= 0.3 is 5.97 Å². The number of carbonyl (C=O) groups is 1. The summed E-state index contributed by atoms with van der Waals surface area (Å²) in [7, 11) is -3.81. The van der Waals surface area contributed by atoms with E-state index in [2.05, 4.69) is 0 Å². The van der Waals surface area contributed by atoms with Crippen LogP contribution in [0.2, 0.25) is 5.02 Å². The third kappa shape index (κ3) is 2.88. The number of sulfonamides is 1. The number of carboxylic acids is 1. The molecule has 1 fully saturated rings. The first-order chi connectivity index (χ1) is 9.77. The van der Waals surface area contributed by atoms with Crippen molar-refractivity contribution in [1.82, 2.24) is 4.31 Å². The zero-order valence-corrected chi connectivity index (χ0v) is 12.7. The van der Waals surface area contributed by atoms with Crippen molar-refractivity contribution in [3.63, 3.8) is 0 Å². The van der Waals surface area contributed by atoms with Crippen LogP contribution < -0.4 is 0 Å². The van der Waals surface area contributed by atoms with Crippen LogP contribution in [0.5, 0.6) is 0 Å². The Morgan fingerprint density at radius 3 is 2.62 bits per heavy atom. The van der Waals surface area contributed by atoms with E-state index in [0.29, 0.717) is 0 Å². The van der Waals surface area contributed by atoms with Gasteiger partial charge in [0.05, 0.1) is 21.4 Å². The zero-order chi connectivity index (χ0) is 15.8. The van der Waals surface area contributed by atoms with Gasteiger partial charge in [0.2, 0.25) is 10.0 Å². The highest BCUT2D eigenvalue weighted by molar-refractivity contribution is 7.89. The van der Waals surface area contributed by atoms with Crippen LogP contribution in [0.1, 0.15) is 12.5 Å². The second kappa shape index (κ2) is 5.64. The van der Waals surface area contributed by atoms with Gasteiger partial charge < -0.3 is 5.11 Å². The van der Waals surface area contributed by atoms with Crippen molar-refractivity contribution in [2.75, 3.05) is 13.1 Å². The number of carboxylic acid groups (broad SMARTS) is 1. The van der Waals surface area contributed by atoms with Gasteiger partial charge in [0, 0.05) is 13.1 Å². The number of halogens is 1. The van der Waals surface area contributed by atoms with Crippen molar-refractivity contribution in [3.8, 4) is 6.07 Å². The van der Waals surface area contributed by atoms with E-state index >= 15 is 0 Å². The fourth-order valence-corrected chi connectivity index (χ4v) is 4.22. The maximum Gasteiger partial charge on any atom is 0.308 e. The van der Waals surface area contributed by atoms with Crippen molar-refractivity contribution in [3.05, 3.63) is 28.8 Å². The molecule has 1 aliphatic heterocycles. The van der Waals surface area contributed by atoms with Crippen LogP contribution in [0.25, 0.3) is 0 Å². The highest BCUT2D eigenvalue weighted by atomic mass is 35.5. The van der Waals surface area contributed by atoms with Crippen LogP contribution in [0, 0.1) is 23.2 Å². The fourth-order valence-electron chi connectivity index (χ4n) is 2.34. The van der Waals surface area contributed by atoms with E-state index in [4.69, 9.17) is 22.0 Å². The molecule has 112 valence electrons. The minimum Gasteiger partial charge on any atom is -0.481 e. The van der Waals surface area contributed by atoms with E-state index in [0.717, 1.165) is 4.31 Å². The van der Waals surface area contributed by atoms with Gasteiger partial charge in [-0.15, -0.1) is 0 Å². The number of nitriles is 1. The SMILES string of the molecule is CC1CN(S(=O)(=O)c2ccc(C#N)c(Cl)c2)CC1C(=O)O. The number of nitrogens with zero attached hydrogens (tertiary/aromatic N) is 2. The minimum atomic E-state index is -3.81. The number of hydrogen-bond donors (Lipinski definition) is 1. The molecule has 1 saturated heterocycles. The molecule has 1 heterocycles. The Balaban J connectivity index is 2.34. The van der Waals surface area contributed by atoms with E-state index < -0.39 is 21.9 Å². The molecule has 0 radical (unpaired) electrons. The Kier molecular flexibility index (Phi) is 4.23. The van der Waals surface area contributed by atoms with E-state index in [1.165, 1.54) is 18.2 Å². The van der Waals surface area contributed by atoms with Crippen molar-refractivity contribution in [1.29, 1.82) is 5.26 Å². The highest BCUT2D eigenvalue weighted by Crippen LogP contribution is 2.30. The molecule has 0 aromatic heterocycles. The lowest BCUT2D eigenvalue weighted by Gasteiger charge is -2.16. The average molecular weight is 329 g/mol. The van der Waals surface area contributed by atoms with Crippen molar-refractivity contribution >= 4 is 27.6 Å². The molecule has 1 aliphatic rings. The molecule has 6 nitrogen and oxygen atoms in total. The molecule has 0 saturated carbocycles. The smallest absolute Gasteiger partial charge is 0.308 e. The summed E-state index contributed by atoms with van der Waals surface area (Å²) in [4.78, 5) is 11.0. The van der Waals surface area contributed by atoms with Crippen LogP contribution >= 0.6 is 11.6 Å². The summed E-state index contributed by atoms with van der Waals surface area (Å²) >= 11 is 5.85. The zero-order valence-electron chi connectivity index (χ0n) is 11.2. The van der Waals surface area contributed by atoms with Gasteiger partial charge in [0.25, 0.3) is 0 Å². The lowest BCUT2D eigenvalue weighted by Crippen LogP contribution is -2.30. The van der Waals surface area contributed by atoms with E-state index in [1.54, 1.807) is 6.92 Å². The Hall–Kier alpha value is -1.62. The predicted octanol–water partition coefficient (Wildman–Crippen LogP) is 1.55. The molecular weight excluding hydrogens is 316 g/mol. The molecule has 21 heavy (non-hydrogen) atoms. The van der Waals surface area contributed by atoms with E-state index in [1.807, 2.05) is 6.07 Å². The molecule has 0 aliphatic carbocycles. The largest absolute Gasteiger partial charge is 0.481 e. The first-order valence-electron chi connectivity index (χ1n) is 6.20. The van der Waals surface area contributed by atoms with Crippen LogP contribution in [-0.2, 0) is 14.8 Å². The summed E-state index contributed by atoms with van der Waals surface area (Å²) in [6.45, 7) is 1.80. The summed E-state index contributed by atoms with van der Waals surface area (Å²) in [6.07, 6.45) is 0. The Labute approximate surface area is 127 Å². The lowest BCUT2D eigenvalue weighted by atomic mass is 9.99. The molecule has 1 aromatic carbocycles. The van der Waals surface area contributed by atoms with Crippen LogP contribution in [0.4, 0.5) is 0 Å². The Morgan fingerprint density at radius 2 is 2.14 bits per heavy atom. The maximum absolute atomic E-state index is 12.5. The monoisotopic (exact) mass is 328 g/mol. The summed E-state index contributed by atoms with van der Waals surface area (Å²) in [5.41, 5.74) is 0.189. The fraction of sp³-hybridized carbons (Fsp3) is 0.385. The summed E-state index contributed by atoms with van der Waals surface area (Å²) < 4.78 is 26.1. The highest BCUT2D eigenvalue weighted by Gasteiger charge is 2.40. The van der Waals surface area contributed by atoms with Gasteiger partial charge in [-0.05, 0) is 24.1 Å². The number of rotatable bonds is 3. The number of benzene rings is 1. The van der Waals surface area contributed by atoms with Gasteiger partial charge in [-0.25, -0.2) is 8.42 Å². The first-order valence-corrected chi connectivity index (χ1v) is 8.01. The summed E-state index contributed by atoms with van der Waals surface area (Å²) in [6, 6.07) is 5.71. The van der Waals surface area contributed by atoms with Gasteiger partial charge in [0.15, 0.2) is 0 Å². The molecule has 8 heteroatoms. The average Bonchev–Trinajstić information content (AvgIpc) is 2.81. The summed E-state index contributed by atoms with van der Waals surface area (Å²) in [5.74, 6) is -1.97. The molecule has 0 bridgehead atoms. The number of aliphatic carboxylic acids is 1. The van der Waals surface area contributed by atoms with Crippen molar-refractivity contribution in [2.24, 2.45) is 11.8 Å².